The number of rotatable bonds is 6. The van der Waals surface area contributed by atoms with Crippen LogP contribution in [-0.4, -0.2) is 40.9 Å². The fourth-order valence-electron chi connectivity index (χ4n) is 0.829. The number of carboxylic acids is 1. The van der Waals surface area contributed by atoms with Crippen molar-refractivity contribution in [3.8, 4) is 0 Å². The van der Waals surface area contributed by atoms with Gasteiger partial charge in [-0.05, 0) is 0 Å². The van der Waals surface area contributed by atoms with Crippen LogP contribution in [-0.2, 0) is 23.4 Å². The molecule has 0 fully saturated rings. The summed E-state index contributed by atoms with van der Waals surface area (Å²) in [5.74, 6) is 4.63. The number of hydrogen-bond donors (Lipinski definition) is 3. The number of carbonyl (C=O) groups is 2. The molecule has 5 N–H and O–H groups in total. The second-order valence-electron chi connectivity index (χ2n) is 2.86. The van der Waals surface area contributed by atoms with Crippen LogP contribution in [0.1, 0.15) is 0 Å². The third kappa shape index (κ3) is 4.98. The van der Waals surface area contributed by atoms with Gasteiger partial charge in [-0.3, -0.25) is 14.2 Å². The summed E-state index contributed by atoms with van der Waals surface area (Å²) in [4.78, 5) is 20.8. The second kappa shape index (κ2) is 6.11. The first-order chi connectivity index (χ1) is 8.05. The van der Waals surface area contributed by atoms with Gasteiger partial charge in [0.25, 0.3) is 0 Å². The summed E-state index contributed by atoms with van der Waals surface area (Å²) in [5.41, 5.74) is 0. The van der Waals surface area contributed by atoms with Crippen molar-refractivity contribution < 1.29 is 41.7 Å². The highest BCUT2D eigenvalue weighted by atomic mass is 31.2. The molecular formula is C5H9F3N3O6P. The number of aliphatic carboxylic acids is 1. The topological polar surface area (TPSA) is 145 Å². The molecule has 9 nitrogen and oxygen atoms in total. The van der Waals surface area contributed by atoms with Crippen LogP contribution in [0.5, 0.6) is 0 Å². The first-order valence-corrected chi connectivity index (χ1v) is 5.72. The fraction of sp³-hybridized carbons (Fsp3) is 0.600. The first-order valence-electron chi connectivity index (χ1n) is 3.99. The van der Waals surface area contributed by atoms with Crippen molar-refractivity contribution in [2.75, 3.05) is 12.8 Å². The Morgan fingerprint density at radius 2 is 1.72 bits per heavy atom. The van der Waals surface area contributed by atoms with Crippen LogP contribution >= 0.6 is 7.60 Å². The maximum atomic E-state index is 12.1. The average molecular weight is 295 g/mol. The molecule has 0 aromatic carbocycles. The zero-order chi connectivity index (χ0) is 14.6. The molecule has 0 unspecified atom stereocenters. The van der Waals surface area contributed by atoms with Crippen molar-refractivity contribution in [1.82, 2.24) is 4.90 Å². The van der Waals surface area contributed by atoms with Gasteiger partial charge in [-0.25, -0.2) is 21.0 Å². The van der Waals surface area contributed by atoms with Gasteiger partial charge in [-0.15, -0.1) is 0 Å². The van der Waals surface area contributed by atoms with Crippen molar-refractivity contribution in [1.29, 1.82) is 0 Å². The van der Waals surface area contributed by atoms with Crippen molar-refractivity contribution in [3.63, 3.8) is 0 Å². The Bertz CT molecular complexity index is 366. The molecule has 0 aliphatic carbocycles. The summed E-state index contributed by atoms with van der Waals surface area (Å²) in [6, 6.07) is 0. The number of halogens is 3. The summed E-state index contributed by atoms with van der Waals surface area (Å²) in [6.45, 7) is -1.38. The SMILES string of the molecule is NOP(=O)(CN(CC(=O)O)C(=O)C(F)(F)F)ON. The monoisotopic (exact) mass is 295 g/mol. The third-order valence-corrected chi connectivity index (χ3v) is 2.85. The number of nitrogens with two attached hydrogens (primary N) is 2. The Kier molecular flexibility index (Phi) is 5.70. The van der Waals surface area contributed by atoms with Gasteiger partial charge < -0.3 is 10.0 Å². The predicted molar refractivity (Wildman–Crippen MR) is 48.4 cm³/mol. The molecule has 0 aliphatic rings. The molecule has 0 radical (unpaired) electrons. The molecule has 106 valence electrons. The molecule has 1 amide bonds. The first kappa shape index (κ1) is 16.8. The molecular weight excluding hydrogens is 286 g/mol. The van der Waals surface area contributed by atoms with Gasteiger partial charge in [0.2, 0.25) is 0 Å². The number of amides is 1. The normalized spacial score (nSPS) is 12.3. The minimum absolute atomic E-state index is 0.317. The lowest BCUT2D eigenvalue weighted by molar-refractivity contribution is -0.185. The van der Waals surface area contributed by atoms with E-state index < -0.39 is 38.5 Å². The van der Waals surface area contributed by atoms with E-state index in [1.165, 1.54) is 0 Å². The van der Waals surface area contributed by atoms with Crippen LogP contribution in [0.25, 0.3) is 0 Å². The van der Waals surface area contributed by atoms with E-state index in [-0.39, 0.29) is 4.90 Å². The van der Waals surface area contributed by atoms with Crippen LogP contribution in [0.3, 0.4) is 0 Å². The predicted octanol–water partition coefficient (Wildman–Crippen LogP) is -0.607. The van der Waals surface area contributed by atoms with E-state index in [2.05, 4.69) is 21.0 Å². The Balaban J connectivity index is 5.08. The molecule has 0 aliphatic heterocycles. The molecule has 0 saturated heterocycles. The van der Waals surface area contributed by atoms with Crippen LogP contribution in [0.4, 0.5) is 13.2 Å². The van der Waals surface area contributed by atoms with Crippen molar-refractivity contribution in [2.24, 2.45) is 11.8 Å². The van der Waals surface area contributed by atoms with Crippen LogP contribution in [0.15, 0.2) is 0 Å². The molecule has 0 spiro atoms. The van der Waals surface area contributed by atoms with Gasteiger partial charge in [-0.1, -0.05) is 0 Å². The minimum Gasteiger partial charge on any atom is -0.480 e. The van der Waals surface area contributed by atoms with E-state index in [9.17, 15) is 27.3 Å². The molecule has 0 atom stereocenters. The van der Waals surface area contributed by atoms with E-state index in [0.29, 0.717) is 0 Å². The number of alkyl halides is 3. The van der Waals surface area contributed by atoms with Gasteiger partial charge in [-0.2, -0.15) is 13.2 Å². The van der Waals surface area contributed by atoms with Crippen LogP contribution < -0.4 is 11.8 Å². The summed E-state index contributed by atoms with van der Waals surface area (Å²) < 4.78 is 55.1. The van der Waals surface area contributed by atoms with Gasteiger partial charge in [0, 0.05) is 0 Å². The Morgan fingerprint density at radius 3 is 2.00 bits per heavy atom. The van der Waals surface area contributed by atoms with E-state index in [4.69, 9.17) is 5.11 Å². The van der Waals surface area contributed by atoms with E-state index in [1.54, 1.807) is 0 Å². The van der Waals surface area contributed by atoms with E-state index >= 15 is 0 Å². The minimum atomic E-state index is -5.36. The molecule has 0 heterocycles. The van der Waals surface area contributed by atoms with E-state index in [0.717, 1.165) is 0 Å². The van der Waals surface area contributed by atoms with Gasteiger partial charge in [0.05, 0.1) is 0 Å². The Morgan fingerprint density at radius 1 is 1.28 bits per heavy atom. The Labute approximate surface area is 97.9 Å². The maximum absolute atomic E-state index is 12.1. The molecule has 13 heteroatoms. The van der Waals surface area contributed by atoms with Crippen molar-refractivity contribution in [3.05, 3.63) is 0 Å². The highest BCUT2D eigenvalue weighted by molar-refractivity contribution is 7.53. The summed E-state index contributed by atoms with van der Waals surface area (Å²) >= 11 is 0. The number of hydrogen-bond acceptors (Lipinski definition) is 7. The largest absolute Gasteiger partial charge is 0.480 e. The number of carbonyl (C=O) groups excluding carboxylic acids is 1. The van der Waals surface area contributed by atoms with Crippen molar-refractivity contribution in [2.45, 2.75) is 6.18 Å². The second-order valence-corrected chi connectivity index (χ2v) is 4.78. The lowest BCUT2D eigenvalue weighted by Crippen LogP contribution is -2.44. The standard InChI is InChI=1S/C5H9F3N3O6P/c6-5(7,8)4(14)11(1-3(12)13)2-18(15,16-9)17-10/h1-2,9-10H2,(H,12,13). The number of nitrogens with zero attached hydrogens (tertiary/aromatic N) is 1. The number of carboxylic acid groups (broad SMARTS) is 1. The highest BCUT2D eigenvalue weighted by Gasteiger charge is 2.45. The quantitative estimate of drug-likeness (QED) is 0.434. The molecule has 0 saturated carbocycles. The zero-order valence-corrected chi connectivity index (χ0v) is 9.48. The molecule has 0 bridgehead atoms. The summed E-state index contributed by atoms with van der Waals surface area (Å²) in [7, 11) is -4.42. The van der Waals surface area contributed by atoms with Crippen LogP contribution in [0.2, 0.25) is 0 Å². The average Bonchev–Trinajstić information content (AvgIpc) is 2.25. The zero-order valence-electron chi connectivity index (χ0n) is 8.59. The maximum Gasteiger partial charge on any atom is 0.471 e. The molecule has 0 aromatic heterocycles. The van der Waals surface area contributed by atoms with Gasteiger partial charge in [0.15, 0.2) is 0 Å². The fourth-order valence-corrected chi connectivity index (χ4v) is 1.66. The molecule has 0 aromatic rings. The molecule has 0 rings (SSSR count). The lowest BCUT2D eigenvalue weighted by Gasteiger charge is -2.24. The third-order valence-electron chi connectivity index (χ3n) is 1.52. The Hall–Kier alpha value is -1.20. The smallest absolute Gasteiger partial charge is 0.471 e. The van der Waals surface area contributed by atoms with Crippen LogP contribution in [0, 0.1) is 0 Å². The molecule has 18 heavy (non-hydrogen) atoms. The van der Waals surface area contributed by atoms with E-state index in [1.807, 2.05) is 0 Å². The summed E-state index contributed by atoms with van der Waals surface area (Å²) in [5, 5.41) is 8.35. The summed E-state index contributed by atoms with van der Waals surface area (Å²) in [6.07, 6.45) is -6.71. The lowest BCUT2D eigenvalue weighted by atomic mass is 10.5. The highest BCUT2D eigenvalue weighted by Crippen LogP contribution is 2.45. The van der Waals surface area contributed by atoms with Gasteiger partial charge >= 0.3 is 25.6 Å². The van der Waals surface area contributed by atoms with Crippen molar-refractivity contribution >= 4 is 19.5 Å². The van der Waals surface area contributed by atoms with Gasteiger partial charge in [0.1, 0.15) is 12.8 Å².